The monoisotopic (exact) mass is 342 g/mol. The number of halogens is 1. The first-order chi connectivity index (χ1) is 10.7. The van der Waals surface area contributed by atoms with Crippen molar-refractivity contribution in [2.24, 2.45) is 5.92 Å². The molecule has 2 atom stereocenters. The number of rotatable bonds is 7. The Kier molecular flexibility index (Phi) is 6.90. The van der Waals surface area contributed by atoms with Crippen molar-refractivity contribution in [1.29, 1.82) is 5.26 Å². The number of ether oxygens (including phenoxy) is 1. The molecule has 0 aliphatic carbocycles. The Morgan fingerprint density at radius 1 is 1.59 bits per heavy atom. The fourth-order valence-corrected chi connectivity index (χ4v) is 3.82. The lowest BCUT2D eigenvalue weighted by molar-refractivity contribution is 0.117. The van der Waals surface area contributed by atoms with E-state index in [1.807, 2.05) is 6.92 Å². The van der Waals surface area contributed by atoms with Gasteiger partial charge in [-0.3, -0.25) is 0 Å². The van der Waals surface area contributed by atoms with Gasteiger partial charge in [0.25, 0.3) is 0 Å². The summed E-state index contributed by atoms with van der Waals surface area (Å²) in [5.41, 5.74) is 0.470. The van der Waals surface area contributed by atoms with Crippen molar-refractivity contribution < 1.29 is 4.74 Å². The van der Waals surface area contributed by atoms with Gasteiger partial charge < -0.3 is 15.0 Å². The van der Waals surface area contributed by atoms with Gasteiger partial charge >= 0.3 is 0 Å². The highest BCUT2D eigenvalue weighted by Gasteiger charge is 2.27. The van der Waals surface area contributed by atoms with Crippen LogP contribution in [0.5, 0.6) is 0 Å². The number of likely N-dealkylation sites (tertiary alicyclic amines) is 1. The molecule has 1 N–H and O–H groups in total. The smallest absolute Gasteiger partial charge is 0.162 e. The summed E-state index contributed by atoms with van der Waals surface area (Å²) >= 11 is 7.19. The fourth-order valence-electron chi connectivity index (χ4n) is 2.82. The number of aromatic nitrogens is 1. The van der Waals surface area contributed by atoms with Gasteiger partial charge in [-0.25, -0.2) is 0 Å². The quantitative estimate of drug-likeness (QED) is 0.771. The van der Waals surface area contributed by atoms with Gasteiger partial charge in [-0.15, -0.1) is 0 Å². The second-order valence-electron chi connectivity index (χ2n) is 5.66. The molecule has 22 heavy (non-hydrogen) atoms. The van der Waals surface area contributed by atoms with Gasteiger partial charge in [0.15, 0.2) is 5.15 Å². The predicted molar refractivity (Wildman–Crippen MR) is 90.6 cm³/mol. The zero-order chi connectivity index (χ0) is 15.9. The van der Waals surface area contributed by atoms with Crippen molar-refractivity contribution >= 4 is 28.1 Å². The molecule has 1 aliphatic rings. The molecular formula is C15H23ClN4OS. The molecule has 1 aliphatic heterocycles. The summed E-state index contributed by atoms with van der Waals surface area (Å²) in [7, 11) is 0. The van der Waals surface area contributed by atoms with Crippen LogP contribution >= 0.6 is 23.1 Å². The lowest BCUT2D eigenvalue weighted by Crippen LogP contribution is -2.45. The summed E-state index contributed by atoms with van der Waals surface area (Å²) in [6.07, 6.45) is 2.15. The van der Waals surface area contributed by atoms with Gasteiger partial charge in [-0.05, 0) is 37.2 Å². The third kappa shape index (κ3) is 4.56. The van der Waals surface area contributed by atoms with Crippen LogP contribution in [0, 0.1) is 17.2 Å². The van der Waals surface area contributed by atoms with Crippen LogP contribution < -0.4 is 5.32 Å². The van der Waals surface area contributed by atoms with E-state index >= 15 is 0 Å². The summed E-state index contributed by atoms with van der Waals surface area (Å²) < 4.78 is 9.44. The van der Waals surface area contributed by atoms with Crippen LogP contribution in [0.15, 0.2) is 0 Å². The van der Waals surface area contributed by atoms with Crippen LogP contribution in [0.4, 0.5) is 5.00 Å². The Morgan fingerprint density at radius 2 is 2.41 bits per heavy atom. The summed E-state index contributed by atoms with van der Waals surface area (Å²) in [4.78, 5) is 2.49. The third-order valence-corrected chi connectivity index (χ3v) is 5.19. The number of nitrogens with zero attached hydrogens (tertiary/aromatic N) is 3. The average Bonchev–Trinajstić information content (AvgIpc) is 2.86. The highest BCUT2D eigenvalue weighted by atomic mass is 35.5. The zero-order valence-corrected chi connectivity index (χ0v) is 14.7. The molecule has 0 saturated carbocycles. The van der Waals surface area contributed by atoms with Gasteiger partial charge in [-0.2, -0.15) is 9.64 Å². The van der Waals surface area contributed by atoms with Gasteiger partial charge in [0.2, 0.25) is 0 Å². The van der Waals surface area contributed by atoms with E-state index in [-0.39, 0.29) is 0 Å². The molecule has 122 valence electrons. The Hall–Kier alpha value is -0.870. The van der Waals surface area contributed by atoms with E-state index in [1.54, 1.807) is 0 Å². The number of anilines is 1. The minimum absolute atomic E-state index is 0.302. The molecule has 5 nitrogen and oxygen atoms in total. The summed E-state index contributed by atoms with van der Waals surface area (Å²) in [6.45, 7) is 9.14. The van der Waals surface area contributed by atoms with E-state index in [4.69, 9.17) is 21.6 Å². The van der Waals surface area contributed by atoms with E-state index in [0.717, 1.165) is 50.7 Å². The molecule has 2 unspecified atom stereocenters. The molecule has 1 aromatic heterocycles. The molecule has 0 radical (unpaired) electrons. The second kappa shape index (κ2) is 8.68. The molecule has 0 bridgehead atoms. The van der Waals surface area contributed by atoms with Crippen LogP contribution in [0.2, 0.25) is 5.15 Å². The highest BCUT2D eigenvalue weighted by Crippen LogP contribution is 2.30. The average molecular weight is 343 g/mol. The molecule has 2 rings (SSSR count). The maximum absolute atomic E-state index is 9.14. The first kappa shape index (κ1) is 17.5. The van der Waals surface area contributed by atoms with Gasteiger partial charge in [0, 0.05) is 38.9 Å². The van der Waals surface area contributed by atoms with Crippen molar-refractivity contribution in [2.75, 3.05) is 38.2 Å². The van der Waals surface area contributed by atoms with E-state index in [2.05, 4.69) is 27.6 Å². The van der Waals surface area contributed by atoms with Crippen molar-refractivity contribution in [1.82, 2.24) is 9.27 Å². The molecule has 0 aromatic carbocycles. The SMILES string of the molecule is CCOCCCN1CCC(Nc2snc(Cl)c2C#N)C(C)C1. The zero-order valence-electron chi connectivity index (χ0n) is 13.1. The number of hydrogen-bond donors (Lipinski definition) is 1. The van der Waals surface area contributed by atoms with Crippen molar-refractivity contribution in [2.45, 2.75) is 32.7 Å². The van der Waals surface area contributed by atoms with Crippen molar-refractivity contribution in [3.8, 4) is 6.07 Å². The van der Waals surface area contributed by atoms with E-state index in [0.29, 0.717) is 22.7 Å². The molecule has 1 saturated heterocycles. The van der Waals surface area contributed by atoms with Gasteiger partial charge in [0.1, 0.15) is 16.6 Å². The summed E-state index contributed by atoms with van der Waals surface area (Å²) in [6, 6.07) is 2.49. The molecule has 0 amide bonds. The Balaban J connectivity index is 1.82. The van der Waals surface area contributed by atoms with E-state index in [9.17, 15) is 0 Å². The first-order valence-electron chi connectivity index (χ1n) is 7.77. The Bertz CT molecular complexity index is 516. The maximum atomic E-state index is 9.14. The molecular weight excluding hydrogens is 320 g/mol. The molecule has 1 fully saturated rings. The molecule has 1 aromatic rings. The van der Waals surface area contributed by atoms with Crippen molar-refractivity contribution in [3.63, 3.8) is 0 Å². The third-order valence-electron chi connectivity index (χ3n) is 4.04. The minimum Gasteiger partial charge on any atom is -0.382 e. The van der Waals surface area contributed by atoms with Crippen molar-refractivity contribution in [3.05, 3.63) is 10.7 Å². The van der Waals surface area contributed by atoms with Crippen LogP contribution in [0.25, 0.3) is 0 Å². The number of nitriles is 1. The number of piperidine rings is 1. The number of nitrogens with one attached hydrogen (secondary N) is 1. The molecule has 2 heterocycles. The minimum atomic E-state index is 0.302. The van der Waals surface area contributed by atoms with E-state index < -0.39 is 0 Å². The fraction of sp³-hybridized carbons (Fsp3) is 0.733. The standard InChI is InChI=1S/C15H23ClN4OS/c1-3-21-8-4-6-20-7-5-13(11(2)10-20)18-15-12(9-17)14(16)19-22-15/h11,13,18H,3-8,10H2,1-2H3. The Morgan fingerprint density at radius 3 is 3.09 bits per heavy atom. The first-order valence-corrected chi connectivity index (χ1v) is 8.92. The second-order valence-corrected chi connectivity index (χ2v) is 6.79. The lowest BCUT2D eigenvalue weighted by atomic mass is 9.93. The van der Waals surface area contributed by atoms with E-state index in [1.165, 1.54) is 11.5 Å². The van der Waals surface area contributed by atoms with Crippen LogP contribution in [-0.4, -0.2) is 48.2 Å². The van der Waals surface area contributed by atoms with Crippen LogP contribution in [0.3, 0.4) is 0 Å². The molecule has 7 heteroatoms. The van der Waals surface area contributed by atoms with Gasteiger partial charge in [0.05, 0.1) is 0 Å². The molecule has 0 spiro atoms. The maximum Gasteiger partial charge on any atom is 0.162 e. The summed E-state index contributed by atoms with van der Waals surface area (Å²) in [5, 5.41) is 13.7. The topological polar surface area (TPSA) is 61.2 Å². The lowest BCUT2D eigenvalue weighted by Gasteiger charge is -2.37. The Labute approximate surface area is 141 Å². The summed E-state index contributed by atoms with van der Waals surface area (Å²) in [5.74, 6) is 0.522. The van der Waals surface area contributed by atoms with Gasteiger partial charge in [-0.1, -0.05) is 18.5 Å². The normalized spacial score (nSPS) is 22.5. The predicted octanol–water partition coefficient (Wildman–Crippen LogP) is 3.22. The number of hydrogen-bond acceptors (Lipinski definition) is 6. The van der Waals surface area contributed by atoms with Crippen LogP contribution in [-0.2, 0) is 4.74 Å². The van der Waals surface area contributed by atoms with Crippen LogP contribution in [0.1, 0.15) is 32.3 Å². The highest BCUT2D eigenvalue weighted by molar-refractivity contribution is 7.10. The largest absolute Gasteiger partial charge is 0.382 e.